The highest BCUT2D eigenvalue weighted by atomic mass is 19.1. The first kappa shape index (κ1) is 11.8. The molecule has 2 heterocycles. The fraction of sp³-hybridized carbons (Fsp3) is 0.100. The maximum absolute atomic E-state index is 12.7. The molecule has 18 heavy (non-hydrogen) atoms. The summed E-state index contributed by atoms with van der Waals surface area (Å²) >= 11 is 0. The molecule has 0 unspecified atom stereocenters. The van der Waals surface area contributed by atoms with Gasteiger partial charge in [0.2, 0.25) is 5.88 Å². The first-order valence-corrected chi connectivity index (χ1v) is 4.82. The monoisotopic (exact) mass is 253 g/mol. The number of aliphatic carboxylic acids is 1. The number of carboxylic acids is 1. The molecule has 7 nitrogen and oxygen atoms in total. The van der Waals surface area contributed by atoms with Gasteiger partial charge in [0.15, 0.2) is 6.61 Å². The fourth-order valence-electron chi connectivity index (χ4n) is 1.26. The fourth-order valence-corrected chi connectivity index (χ4v) is 1.26. The van der Waals surface area contributed by atoms with Gasteiger partial charge in [0.25, 0.3) is 0 Å². The smallest absolute Gasteiger partial charge is 0.341 e. The molecule has 0 spiro atoms. The first-order valence-electron chi connectivity index (χ1n) is 4.82. The van der Waals surface area contributed by atoms with Crippen molar-refractivity contribution in [3.8, 4) is 17.3 Å². The van der Waals surface area contributed by atoms with Gasteiger partial charge >= 0.3 is 5.97 Å². The predicted molar refractivity (Wildman–Crippen MR) is 55.7 cm³/mol. The minimum atomic E-state index is -1.16. The van der Waals surface area contributed by atoms with Crippen molar-refractivity contribution in [1.29, 1.82) is 0 Å². The summed E-state index contributed by atoms with van der Waals surface area (Å²) in [5.74, 6) is -1.74. The van der Waals surface area contributed by atoms with Crippen LogP contribution in [0, 0.1) is 5.82 Å². The quantitative estimate of drug-likeness (QED) is 0.781. The van der Waals surface area contributed by atoms with Crippen LogP contribution >= 0.6 is 0 Å². The maximum Gasteiger partial charge on any atom is 0.341 e. The second kappa shape index (κ2) is 4.70. The second-order valence-electron chi connectivity index (χ2n) is 3.30. The zero-order valence-corrected chi connectivity index (χ0v) is 8.95. The summed E-state index contributed by atoms with van der Waals surface area (Å²) in [6.45, 7) is -0.576. The number of nitrogens with zero attached hydrogens (tertiary/aromatic N) is 3. The van der Waals surface area contributed by atoms with Gasteiger partial charge in [0, 0.05) is 6.07 Å². The molecule has 2 aromatic rings. The molecule has 0 aliphatic carbocycles. The van der Waals surface area contributed by atoms with Crippen molar-refractivity contribution >= 4 is 5.97 Å². The number of rotatable bonds is 4. The van der Waals surface area contributed by atoms with Gasteiger partial charge in [0.05, 0.1) is 11.9 Å². The average Bonchev–Trinajstić information content (AvgIpc) is 2.69. The van der Waals surface area contributed by atoms with Gasteiger partial charge in [-0.25, -0.2) is 9.18 Å². The number of aromatic nitrogens is 3. The van der Waals surface area contributed by atoms with Crippen molar-refractivity contribution in [3.05, 3.63) is 30.2 Å². The lowest BCUT2D eigenvalue weighted by Crippen LogP contribution is -2.09. The number of pyridine rings is 1. The van der Waals surface area contributed by atoms with Gasteiger partial charge in [-0.05, 0) is 12.1 Å². The minimum absolute atomic E-state index is 0.0685. The largest absolute Gasteiger partial charge is 0.479 e. The molecule has 0 radical (unpaired) electrons. The minimum Gasteiger partial charge on any atom is -0.479 e. The van der Waals surface area contributed by atoms with Gasteiger partial charge in [-0.2, -0.15) is 0 Å². The molecule has 94 valence electrons. The van der Waals surface area contributed by atoms with Crippen molar-refractivity contribution in [2.24, 2.45) is 0 Å². The molecule has 0 aromatic carbocycles. The van der Waals surface area contributed by atoms with Crippen LogP contribution in [0.15, 0.2) is 24.4 Å². The number of hydrogen-bond donors (Lipinski definition) is 2. The Kier molecular flexibility index (Phi) is 3.09. The van der Waals surface area contributed by atoms with E-state index in [9.17, 15) is 14.4 Å². The summed E-state index contributed by atoms with van der Waals surface area (Å²) in [6.07, 6.45) is 0.986. The molecule has 0 saturated heterocycles. The number of halogens is 1. The van der Waals surface area contributed by atoms with Crippen LogP contribution in [-0.4, -0.2) is 37.8 Å². The summed E-state index contributed by atoms with van der Waals surface area (Å²) < 4.78 is 17.5. The highest BCUT2D eigenvalue weighted by molar-refractivity contribution is 5.68. The lowest BCUT2D eigenvalue weighted by molar-refractivity contribution is -0.139. The van der Waals surface area contributed by atoms with E-state index in [0.717, 1.165) is 6.20 Å². The Balaban J connectivity index is 2.23. The summed E-state index contributed by atoms with van der Waals surface area (Å²) in [7, 11) is 0. The van der Waals surface area contributed by atoms with Crippen LogP contribution in [0.1, 0.15) is 0 Å². The van der Waals surface area contributed by atoms with E-state index in [1.807, 2.05) is 0 Å². The Hall–Kier alpha value is -2.64. The standard InChI is InChI=1S/C10H8FN3O4/c11-6-1-2-7(12-4-6)8-3-9(13-14(8)17)18-5-10(15)16/h1-4,17H,5H2,(H,15,16). The van der Waals surface area contributed by atoms with Crippen LogP contribution < -0.4 is 4.74 Å². The molecule has 0 atom stereocenters. The van der Waals surface area contributed by atoms with Gasteiger partial charge in [0.1, 0.15) is 11.5 Å². The number of carboxylic acid groups (broad SMARTS) is 1. The predicted octanol–water partition coefficient (Wildman–Crippen LogP) is 0.785. The lowest BCUT2D eigenvalue weighted by Gasteiger charge is -1.97. The van der Waals surface area contributed by atoms with Gasteiger partial charge in [-0.3, -0.25) is 4.98 Å². The van der Waals surface area contributed by atoms with E-state index >= 15 is 0 Å². The van der Waals surface area contributed by atoms with E-state index in [0.29, 0.717) is 4.85 Å². The van der Waals surface area contributed by atoms with Crippen LogP contribution in [0.3, 0.4) is 0 Å². The van der Waals surface area contributed by atoms with Crippen molar-refractivity contribution in [2.45, 2.75) is 0 Å². The average molecular weight is 253 g/mol. The Morgan fingerprint density at radius 3 is 2.89 bits per heavy atom. The van der Waals surface area contributed by atoms with Crippen LogP contribution in [-0.2, 0) is 4.79 Å². The molecule has 0 amide bonds. The summed E-state index contributed by atoms with van der Waals surface area (Å²) in [5, 5.41) is 21.4. The van der Waals surface area contributed by atoms with E-state index in [-0.39, 0.29) is 17.3 Å². The summed E-state index contributed by atoms with van der Waals surface area (Å²) in [6, 6.07) is 3.82. The molecule has 2 rings (SSSR count). The highest BCUT2D eigenvalue weighted by Gasteiger charge is 2.12. The van der Waals surface area contributed by atoms with E-state index in [2.05, 4.69) is 10.1 Å². The van der Waals surface area contributed by atoms with Crippen molar-refractivity contribution in [3.63, 3.8) is 0 Å². The van der Waals surface area contributed by atoms with Crippen LogP contribution in [0.4, 0.5) is 4.39 Å². The third kappa shape index (κ3) is 2.54. The molecule has 0 bridgehead atoms. The Morgan fingerprint density at radius 2 is 2.28 bits per heavy atom. The molecule has 2 aromatic heterocycles. The number of carbonyl (C=O) groups is 1. The molecule has 0 aliphatic heterocycles. The van der Waals surface area contributed by atoms with E-state index < -0.39 is 18.4 Å². The van der Waals surface area contributed by atoms with Gasteiger partial charge < -0.3 is 15.1 Å². The van der Waals surface area contributed by atoms with E-state index in [4.69, 9.17) is 9.84 Å². The van der Waals surface area contributed by atoms with Crippen molar-refractivity contribution in [2.75, 3.05) is 6.61 Å². The van der Waals surface area contributed by atoms with Crippen LogP contribution in [0.25, 0.3) is 11.4 Å². The molecular weight excluding hydrogens is 245 g/mol. The zero-order valence-electron chi connectivity index (χ0n) is 8.95. The van der Waals surface area contributed by atoms with Gasteiger partial charge in [-0.1, -0.05) is 9.94 Å². The lowest BCUT2D eigenvalue weighted by atomic mass is 10.3. The first-order chi connectivity index (χ1) is 8.56. The van der Waals surface area contributed by atoms with Crippen molar-refractivity contribution in [1.82, 2.24) is 14.9 Å². The van der Waals surface area contributed by atoms with Crippen LogP contribution in [0.5, 0.6) is 5.88 Å². The van der Waals surface area contributed by atoms with Gasteiger partial charge in [-0.15, -0.1) is 0 Å². The topological polar surface area (TPSA) is 97.5 Å². The van der Waals surface area contributed by atoms with Crippen LogP contribution in [0.2, 0.25) is 0 Å². The zero-order chi connectivity index (χ0) is 13.1. The molecule has 8 heteroatoms. The molecule has 2 N–H and O–H groups in total. The normalized spacial score (nSPS) is 10.3. The SMILES string of the molecule is O=C(O)COc1cc(-c2ccc(F)cn2)n(O)n1. The Labute approximate surface area is 100 Å². The third-order valence-electron chi connectivity index (χ3n) is 2.00. The maximum atomic E-state index is 12.7. The molecule has 0 saturated carbocycles. The summed E-state index contributed by atoms with van der Waals surface area (Å²) in [5.41, 5.74) is 0.437. The summed E-state index contributed by atoms with van der Waals surface area (Å²) in [4.78, 5) is 14.5. The third-order valence-corrected chi connectivity index (χ3v) is 2.00. The molecular formula is C10H8FN3O4. The number of ether oxygens (including phenoxy) is 1. The second-order valence-corrected chi connectivity index (χ2v) is 3.30. The van der Waals surface area contributed by atoms with E-state index in [1.165, 1.54) is 18.2 Å². The Morgan fingerprint density at radius 1 is 1.50 bits per heavy atom. The highest BCUT2D eigenvalue weighted by Crippen LogP contribution is 2.21. The Bertz CT molecular complexity index is 567. The molecule has 0 fully saturated rings. The van der Waals surface area contributed by atoms with Crippen molar-refractivity contribution < 1.29 is 24.2 Å². The van der Waals surface area contributed by atoms with E-state index in [1.54, 1.807) is 0 Å². The number of hydrogen-bond acceptors (Lipinski definition) is 5. The molecule has 0 aliphatic rings.